The molecule has 1 atom stereocenters. The Morgan fingerprint density at radius 1 is 1.12 bits per heavy atom. The highest BCUT2D eigenvalue weighted by Gasteiger charge is 2.21. The normalized spacial score (nSPS) is 12.2. The molecular formula is C21H22Cl2N2S. The van der Waals surface area contributed by atoms with Gasteiger partial charge in [-0.05, 0) is 44.0 Å². The van der Waals surface area contributed by atoms with E-state index in [9.17, 15) is 0 Å². The second kappa shape index (κ2) is 8.43. The maximum Gasteiger partial charge on any atom is 0.186 e. The molecular weight excluding hydrogens is 383 g/mol. The van der Waals surface area contributed by atoms with Gasteiger partial charge in [0.15, 0.2) is 5.13 Å². The number of aryl methyl sites for hydroxylation is 1. The largest absolute Gasteiger partial charge is 0.341 e. The van der Waals surface area contributed by atoms with Crippen LogP contribution in [-0.4, -0.2) is 11.5 Å². The highest BCUT2D eigenvalue weighted by Crippen LogP contribution is 2.39. The minimum atomic E-state index is 0.259. The smallest absolute Gasteiger partial charge is 0.186 e. The van der Waals surface area contributed by atoms with Crippen LogP contribution in [0.5, 0.6) is 0 Å². The number of anilines is 1. The first kappa shape index (κ1) is 19.2. The monoisotopic (exact) mass is 404 g/mol. The zero-order valence-electron chi connectivity index (χ0n) is 15.2. The summed E-state index contributed by atoms with van der Waals surface area (Å²) in [5.41, 5.74) is 3.16. The van der Waals surface area contributed by atoms with Crippen molar-refractivity contribution in [2.45, 2.75) is 33.2 Å². The van der Waals surface area contributed by atoms with Crippen LogP contribution in [0.3, 0.4) is 0 Å². The summed E-state index contributed by atoms with van der Waals surface area (Å²) in [7, 11) is 0. The van der Waals surface area contributed by atoms with Crippen molar-refractivity contribution in [3.8, 4) is 11.3 Å². The SMILES string of the molecule is CCCN(c1nc(-c2ccc(Cl)cc2Cl)c(C)s1)C(C)c1ccccc1. The van der Waals surface area contributed by atoms with Gasteiger partial charge >= 0.3 is 0 Å². The second-order valence-corrected chi connectivity index (χ2v) is 8.33. The average molecular weight is 405 g/mol. The molecule has 5 heteroatoms. The van der Waals surface area contributed by atoms with E-state index < -0.39 is 0 Å². The Hall–Kier alpha value is -1.55. The minimum Gasteiger partial charge on any atom is -0.341 e. The van der Waals surface area contributed by atoms with E-state index in [4.69, 9.17) is 28.2 Å². The third-order valence-electron chi connectivity index (χ3n) is 4.43. The topological polar surface area (TPSA) is 16.1 Å². The van der Waals surface area contributed by atoms with Gasteiger partial charge < -0.3 is 4.90 Å². The van der Waals surface area contributed by atoms with Crippen LogP contribution in [0.2, 0.25) is 10.0 Å². The van der Waals surface area contributed by atoms with Crippen molar-refractivity contribution in [1.82, 2.24) is 4.98 Å². The molecule has 3 rings (SSSR count). The number of rotatable bonds is 6. The number of nitrogens with zero attached hydrogens (tertiary/aromatic N) is 2. The summed E-state index contributed by atoms with van der Waals surface area (Å²) in [5, 5.41) is 2.30. The molecule has 0 aliphatic heterocycles. The van der Waals surface area contributed by atoms with Crippen LogP contribution < -0.4 is 4.90 Å². The molecule has 0 bridgehead atoms. The van der Waals surface area contributed by atoms with Crippen LogP contribution in [-0.2, 0) is 0 Å². The summed E-state index contributed by atoms with van der Waals surface area (Å²) in [4.78, 5) is 8.49. The minimum absolute atomic E-state index is 0.259. The summed E-state index contributed by atoms with van der Waals surface area (Å²) in [6.07, 6.45) is 1.06. The van der Waals surface area contributed by atoms with Crippen molar-refractivity contribution in [2.75, 3.05) is 11.4 Å². The van der Waals surface area contributed by atoms with Crippen molar-refractivity contribution >= 4 is 39.7 Å². The van der Waals surface area contributed by atoms with Crippen molar-refractivity contribution in [3.05, 3.63) is 69.0 Å². The first-order valence-corrected chi connectivity index (χ1v) is 10.3. The lowest BCUT2D eigenvalue weighted by molar-refractivity contribution is 0.657. The van der Waals surface area contributed by atoms with E-state index >= 15 is 0 Å². The third kappa shape index (κ3) is 4.06. The Kier molecular flexibility index (Phi) is 6.23. The number of hydrogen-bond acceptors (Lipinski definition) is 3. The molecule has 2 aromatic carbocycles. The van der Waals surface area contributed by atoms with Gasteiger partial charge in [-0.25, -0.2) is 4.98 Å². The highest BCUT2D eigenvalue weighted by atomic mass is 35.5. The van der Waals surface area contributed by atoms with Crippen LogP contribution in [0.15, 0.2) is 48.5 Å². The van der Waals surface area contributed by atoms with E-state index in [0.717, 1.165) is 34.2 Å². The quantitative estimate of drug-likeness (QED) is 0.425. The highest BCUT2D eigenvalue weighted by molar-refractivity contribution is 7.16. The molecule has 0 aliphatic carbocycles. The number of thiazole rings is 1. The Balaban J connectivity index is 1.99. The van der Waals surface area contributed by atoms with Crippen LogP contribution in [0.1, 0.15) is 36.8 Å². The van der Waals surface area contributed by atoms with E-state index in [1.807, 2.05) is 12.1 Å². The number of benzene rings is 2. The molecule has 0 aliphatic rings. The molecule has 0 spiro atoms. The molecule has 0 amide bonds. The van der Waals surface area contributed by atoms with Gasteiger partial charge in [-0.2, -0.15) is 0 Å². The third-order valence-corrected chi connectivity index (χ3v) is 5.99. The summed E-state index contributed by atoms with van der Waals surface area (Å²) in [5.74, 6) is 0. The maximum atomic E-state index is 6.41. The van der Waals surface area contributed by atoms with Crippen molar-refractivity contribution in [1.29, 1.82) is 0 Å². The Bertz CT molecular complexity index is 877. The molecule has 0 saturated carbocycles. The summed E-state index contributed by atoms with van der Waals surface area (Å²) < 4.78 is 0. The Morgan fingerprint density at radius 3 is 2.50 bits per heavy atom. The van der Waals surface area contributed by atoms with E-state index in [0.29, 0.717) is 10.0 Å². The van der Waals surface area contributed by atoms with Gasteiger partial charge in [0.25, 0.3) is 0 Å². The van der Waals surface area contributed by atoms with E-state index in [1.165, 1.54) is 5.56 Å². The lowest BCUT2D eigenvalue weighted by Crippen LogP contribution is -2.27. The molecule has 0 saturated heterocycles. The van der Waals surface area contributed by atoms with Crippen molar-refractivity contribution in [3.63, 3.8) is 0 Å². The first-order valence-electron chi connectivity index (χ1n) is 8.75. The van der Waals surface area contributed by atoms with Gasteiger partial charge in [0.05, 0.1) is 16.8 Å². The molecule has 2 nitrogen and oxygen atoms in total. The van der Waals surface area contributed by atoms with Crippen molar-refractivity contribution in [2.24, 2.45) is 0 Å². The molecule has 1 aromatic heterocycles. The van der Waals surface area contributed by atoms with Gasteiger partial charge in [-0.1, -0.05) is 60.5 Å². The maximum absolute atomic E-state index is 6.41. The first-order chi connectivity index (χ1) is 12.5. The lowest BCUT2D eigenvalue weighted by Gasteiger charge is -2.29. The molecule has 0 fully saturated rings. The molecule has 26 heavy (non-hydrogen) atoms. The van der Waals surface area contributed by atoms with Crippen LogP contribution in [0, 0.1) is 6.92 Å². The van der Waals surface area contributed by atoms with E-state index in [-0.39, 0.29) is 6.04 Å². The standard InChI is InChI=1S/C21H22Cl2N2S/c1-4-12-25(14(2)16-8-6-5-7-9-16)21-24-20(15(3)26-21)18-11-10-17(22)13-19(18)23/h5-11,13-14H,4,12H2,1-3H3. The van der Waals surface area contributed by atoms with Crippen LogP contribution in [0.25, 0.3) is 11.3 Å². The van der Waals surface area contributed by atoms with Gasteiger partial charge in [-0.15, -0.1) is 11.3 Å². The lowest BCUT2D eigenvalue weighted by atomic mass is 10.1. The fraction of sp³-hybridized carbons (Fsp3) is 0.286. The molecule has 136 valence electrons. The number of hydrogen-bond donors (Lipinski definition) is 0. The number of aromatic nitrogens is 1. The van der Waals surface area contributed by atoms with Gasteiger partial charge in [0.1, 0.15) is 0 Å². The zero-order chi connectivity index (χ0) is 18.7. The molecule has 0 N–H and O–H groups in total. The van der Waals surface area contributed by atoms with Crippen LogP contribution >= 0.6 is 34.5 Å². The van der Waals surface area contributed by atoms with Crippen LogP contribution in [0.4, 0.5) is 5.13 Å². The molecule has 0 radical (unpaired) electrons. The molecule has 3 aromatic rings. The Morgan fingerprint density at radius 2 is 1.85 bits per heavy atom. The zero-order valence-corrected chi connectivity index (χ0v) is 17.5. The van der Waals surface area contributed by atoms with Gasteiger partial charge in [-0.3, -0.25) is 0 Å². The molecule has 1 heterocycles. The van der Waals surface area contributed by atoms with E-state index in [2.05, 4.69) is 56.0 Å². The fourth-order valence-electron chi connectivity index (χ4n) is 3.04. The number of halogens is 2. The second-order valence-electron chi connectivity index (χ2n) is 6.31. The average Bonchev–Trinajstić information content (AvgIpc) is 3.01. The molecule has 1 unspecified atom stereocenters. The van der Waals surface area contributed by atoms with E-state index in [1.54, 1.807) is 17.4 Å². The Labute approximate surface area is 169 Å². The van der Waals surface area contributed by atoms with Crippen molar-refractivity contribution < 1.29 is 0 Å². The fourth-order valence-corrected chi connectivity index (χ4v) is 4.57. The predicted octanol–water partition coefficient (Wildman–Crippen LogP) is 7.40. The summed E-state index contributed by atoms with van der Waals surface area (Å²) in [6.45, 7) is 7.48. The summed E-state index contributed by atoms with van der Waals surface area (Å²) in [6, 6.07) is 16.4. The summed E-state index contributed by atoms with van der Waals surface area (Å²) >= 11 is 14.2. The van der Waals surface area contributed by atoms with Gasteiger partial charge in [0, 0.05) is 22.0 Å². The van der Waals surface area contributed by atoms with Gasteiger partial charge in [0.2, 0.25) is 0 Å². The predicted molar refractivity (Wildman–Crippen MR) is 115 cm³/mol.